The molecule has 1 aromatic rings. The minimum Gasteiger partial charge on any atom is -0.387 e. The molecule has 3 N–H and O–H groups in total. The van der Waals surface area contributed by atoms with E-state index in [-0.39, 0.29) is 0 Å². The van der Waals surface area contributed by atoms with Gasteiger partial charge < -0.3 is 24.8 Å². The molecule has 0 spiro atoms. The highest BCUT2D eigenvalue weighted by Gasteiger charge is 2.42. The molecule has 1 fully saturated rings. The van der Waals surface area contributed by atoms with Gasteiger partial charge in [-0.15, -0.1) is 0 Å². The summed E-state index contributed by atoms with van der Waals surface area (Å²) in [5.41, 5.74) is 0.970. The second-order valence-electron chi connectivity index (χ2n) is 4.47. The van der Waals surface area contributed by atoms with Crippen molar-refractivity contribution >= 4 is 0 Å². The van der Waals surface area contributed by atoms with Crippen LogP contribution < -0.4 is 0 Å². The summed E-state index contributed by atoms with van der Waals surface area (Å²) in [5.74, 6) is 0. The molecule has 5 atom stereocenters. The predicted molar refractivity (Wildman–Crippen MR) is 63.6 cm³/mol. The Balaban J connectivity index is 1.96. The van der Waals surface area contributed by atoms with Gasteiger partial charge in [0, 0.05) is 0 Å². The van der Waals surface area contributed by atoms with Crippen LogP contribution in [0.25, 0.3) is 0 Å². The molecule has 0 aliphatic carbocycles. The second-order valence-corrected chi connectivity index (χ2v) is 4.47. The lowest BCUT2D eigenvalue weighted by molar-refractivity contribution is -0.287. The lowest BCUT2D eigenvalue weighted by atomic mass is 10.00. The van der Waals surface area contributed by atoms with Crippen molar-refractivity contribution in [1.82, 2.24) is 0 Å². The minimum absolute atomic E-state index is 0.319. The average Bonchev–Trinajstić information content (AvgIpc) is 2.37. The third kappa shape index (κ3) is 2.88. The van der Waals surface area contributed by atoms with E-state index in [2.05, 4.69) is 0 Å². The van der Waals surface area contributed by atoms with Crippen molar-refractivity contribution in [3.8, 4) is 0 Å². The third-order valence-corrected chi connectivity index (χ3v) is 3.08. The first-order chi connectivity index (χ1) is 8.59. The summed E-state index contributed by atoms with van der Waals surface area (Å²) < 4.78 is 10.7. The monoisotopic (exact) mass is 254 g/mol. The lowest BCUT2D eigenvalue weighted by Gasteiger charge is -2.39. The molecule has 1 aliphatic heterocycles. The number of benzene rings is 1. The first-order valence-corrected chi connectivity index (χ1v) is 5.95. The molecule has 100 valence electrons. The average molecular weight is 254 g/mol. The van der Waals surface area contributed by atoms with Crippen LogP contribution in [0.2, 0.25) is 0 Å². The van der Waals surface area contributed by atoms with Crippen molar-refractivity contribution < 1.29 is 24.8 Å². The molecule has 5 heteroatoms. The first kappa shape index (κ1) is 13.5. The van der Waals surface area contributed by atoms with Crippen LogP contribution in [0.15, 0.2) is 30.3 Å². The van der Waals surface area contributed by atoms with Crippen molar-refractivity contribution in [1.29, 1.82) is 0 Å². The van der Waals surface area contributed by atoms with Gasteiger partial charge in [-0.25, -0.2) is 0 Å². The summed E-state index contributed by atoms with van der Waals surface area (Å²) in [6.45, 7) is 2.01. The number of rotatable bonds is 3. The van der Waals surface area contributed by atoms with Gasteiger partial charge in [0.1, 0.15) is 18.3 Å². The van der Waals surface area contributed by atoms with Gasteiger partial charge in [0.15, 0.2) is 6.29 Å². The van der Waals surface area contributed by atoms with Crippen molar-refractivity contribution in [2.45, 2.75) is 44.2 Å². The quantitative estimate of drug-likeness (QED) is 0.709. The zero-order valence-electron chi connectivity index (χ0n) is 10.1. The van der Waals surface area contributed by atoms with Crippen LogP contribution in [0.3, 0.4) is 0 Å². The second kappa shape index (κ2) is 5.77. The molecule has 1 heterocycles. The Bertz CT molecular complexity index is 369. The highest BCUT2D eigenvalue weighted by atomic mass is 16.6. The summed E-state index contributed by atoms with van der Waals surface area (Å²) in [5, 5.41) is 28.7. The molecular formula is C13H18O5. The van der Waals surface area contributed by atoms with Gasteiger partial charge in [-0.3, -0.25) is 0 Å². The molecule has 2 rings (SSSR count). The van der Waals surface area contributed by atoms with Crippen molar-refractivity contribution in [2.24, 2.45) is 0 Å². The Kier molecular flexibility index (Phi) is 4.31. The van der Waals surface area contributed by atoms with Gasteiger partial charge in [-0.05, 0) is 12.5 Å². The molecular weight excluding hydrogens is 236 g/mol. The van der Waals surface area contributed by atoms with Crippen molar-refractivity contribution in [2.75, 3.05) is 0 Å². The number of hydrogen-bond donors (Lipinski definition) is 3. The molecule has 1 aliphatic rings. The van der Waals surface area contributed by atoms with E-state index in [4.69, 9.17) is 9.47 Å². The van der Waals surface area contributed by atoms with E-state index in [0.29, 0.717) is 6.61 Å². The van der Waals surface area contributed by atoms with E-state index < -0.39 is 30.7 Å². The number of aliphatic hydroxyl groups is 3. The third-order valence-electron chi connectivity index (χ3n) is 3.08. The van der Waals surface area contributed by atoms with Crippen LogP contribution in [0.4, 0.5) is 0 Å². The standard InChI is InChI=1S/C13H18O5/c1-8-12(10(14)11(15)13(16)18-8)17-7-9-5-3-2-4-6-9/h2-6,8,10-16H,7H2,1H3/t8?,10-,11?,12+,13-/m1/s1. The van der Waals surface area contributed by atoms with E-state index in [1.54, 1.807) is 6.92 Å². The van der Waals surface area contributed by atoms with Crippen molar-refractivity contribution in [3.05, 3.63) is 35.9 Å². The fourth-order valence-electron chi connectivity index (χ4n) is 2.02. The molecule has 0 bridgehead atoms. The van der Waals surface area contributed by atoms with Gasteiger partial charge in [0.05, 0.1) is 12.7 Å². The van der Waals surface area contributed by atoms with E-state index in [0.717, 1.165) is 5.56 Å². The Morgan fingerprint density at radius 2 is 1.78 bits per heavy atom. The Morgan fingerprint density at radius 3 is 2.44 bits per heavy atom. The summed E-state index contributed by atoms with van der Waals surface area (Å²) in [6.07, 6.45) is -5.02. The first-order valence-electron chi connectivity index (χ1n) is 5.95. The molecule has 18 heavy (non-hydrogen) atoms. The van der Waals surface area contributed by atoms with Crippen LogP contribution in [0.1, 0.15) is 12.5 Å². The highest BCUT2D eigenvalue weighted by Crippen LogP contribution is 2.23. The van der Waals surface area contributed by atoms with Crippen LogP contribution in [-0.2, 0) is 16.1 Å². The van der Waals surface area contributed by atoms with E-state index in [9.17, 15) is 15.3 Å². The summed E-state index contributed by atoms with van der Waals surface area (Å²) >= 11 is 0. The molecule has 0 aromatic heterocycles. The molecule has 0 radical (unpaired) electrons. The molecule has 1 saturated heterocycles. The maximum Gasteiger partial charge on any atom is 0.183 e. The topological polar surface area (TPSA) is 79.2 Å². The van der Waals surface area contributed by atoms with Gasteiger partial charge >= 0.3 is 0 Å². The largest absolute Gasteiger partial charge is 0.387 e. The fraction of sp³-hybridized carbons (Fsp3) is 0.538. The van der Waals surface area contributed by atoms with Crippen LogP contribution in [-0.4, -0.2) is 46.0 Å². The van der Waals surface area contributed by atoms with Crippen molar-refractivity contribution in [3.63, 3.8) is 0 Å². The van der Waals surface area contributed by atoms with Gasteiger partial charge in [0.2, 0.25) is 0 Å². The lowest BCUT2D eigenvalue weighted by Crippen LogP contribution is -2.57. The molecule has 5 nitrogen and oxygen atoms in total. The maximum atomic E-state index is 9.84. The van der Waals surface area contributed by atoms with E-state index in [1.807, 2.05) is 30.3 Å². The highest BCUT2D eigenvalue weighted by molar-refractivity contribution is 5.13. The zero-order chi connectivity index (χ0) is 13.1. The van der Waals surface area contributed by atoms with Crippen LogP contribution in [0.5, 0.6) is 0 Å². The zero-order valence-corrected chi connectivity index (χ0v) is 10.1. The minimum atomic E-state index is -1.37. The molecule has 1 aromatic carbocycles. The van der Waals surface area contributed by atoms with Gasteiger partial charge in [-0.2, -0.15) is 0 Å². The van der Waals surface area contributed by atoms with Crippen LogP contribution >= 0.6 is 0 Å². The van der Waals surface area contributed by atoms with Crippen LogP contribution in [0, 0.1) is 0 Å². The Hall–Kier alpha value is -0.980. The van der Waals surface area contributed by atoms with E-state index >= 15 is 0 Å². The normalized spacial score (nSPS) is 36.6. The molecule has 0 saturated carbocycles. The molecule has 2 unspecified atom stereocenters. The Labute approximate surface area is 106 Å². The number of ether oxygens (including phenoxy) is 2. The van der Waals surface area contributed by atoms with Gasteiger partial charge in [-0.1, -0.05) is 30.3 Å². The SMILES string of the molecule is CC1O[C@@H](O)C(O)[C@@H](O)[C@H]1OCc1ccccc1. The summed E-state index contributed by atoms with van der Waals surface area (Å²) in [4.78, 5) is 0. The van der Waals surface area contributed by atoms with Gasteiger partial charge in [0.25, 0.3) is 0 Å². The Morgan fingerprint density at radius 1 is 1.11 bits per heavy atom. The summed E-state index contributed by atoms with van der Waals surface area (Å²) in [6, 6.07) is 9.52. The smallest absolute Gasteiger partial charge is 0.183 e. The van der Waals surface area contributed by atoms with E-state index in [1.165, 1.54) is 0 Å². The molecule has 0 amide bonds. The number of hydrogen-bond acceptors (Lipinski definition) is 5. The number of aliphatic hydroxyl groups excluding tert-OH is 3. The maximum absolute atomic E-state index is 9.84. The fourth-order valence-corrected chi connectivity index (χ4v) is 2.02. The summed E-state index contributed by atoms with van der Waals surface area (Å²) in [7, 11) is 0. The predicted octanol–water partition coefficient (Wildman–Crippen LogP) is 0.0307.